The number of rotatable bonds is 0. The van der Waals surface area contributed by atoms with Crippen LogP contribution in [0.2, 0.25) is 0 Å². The molecule has 16 heavy (non-hydrogen) atoms. The van der Waals surface area contributed by atoms with Gasteiger partial charge in [0.1, 0.15) is 0 Å². The average Bonchev–Trinajstić information content (AvgIpc) is 2.57. The number of ether oxygens (including phenoxy) is 1. The van der Waals surface area contributed by atoms with Crippen LogP contribution in [0, 0.1) is 0 Å². The molecule has 0 amide bonds. The fourth-order valence-electron chi connectivity index (χ4n) is 2.76. The highest BCUT2D eigenvalue weighted by Crippen LogP contribution is 2.42. The van der Waals surface area contributed by atoms with Crippen molar-refractivity contribution in [1.82, 2.24) is 9.78 Å². The van der Waals surface area contributed by atoms with Crippen molar-refractivity contribution in [2.75, 3.05) is 13.2 Å². The van der Waals surface area contributed by atoms with E-state index in [1.54, 1.807) is 0 Å². The Morgan fingerprint density at radius 3 is 2.69 bits per heavy atom. The third-order valence-corrected chi connectivity index (χ3v) is 3.88. The molecule has 0 unspecified atom stereocenters. The van der Waals surface area contributed by atoms with Crippen molar-refractivity contribution in [3.8, 4) is 0 Å². The third-order valence-electron chi connectivity index (χ3n) is 3.88. The molecule has 2 aliphatic rings. The van der Waals surface area contributed by atoms with Crippen LogP contribution < -0.4 is 0 Å². The van der Waals surface area contributed by atoms with Crippen LogP contribution in [-0.2, 0) is 22.1 Å². The zero-order valence-corrected chi connectivity index (χ0v) is 10.4. The number of hydrogen-bond donors (Lipinski definition) is 0. The van der Waals surface area contributed by atoms with Crippen molar-refractivity contribution < 1.29 is 4.74 Å². The first-order valence-electron chi connectivity index (χ1n) is 6.19. The van der Waals surface area contributed by atoms with Gasteiger partial charge in [0.05, 0.1) is 24.4 Å². The van der Waals surface area contributed by atoms with Gasteiger partial charge in [0.25, 0.3) is 0 Å². The minimum atomic E-state index is 0.0864. The summed E-state index contributed by atoms with van der Waals surface area (Å²) < 4.78 is 7.56. The van der Waals surface area contributed by atoms with E-state index in [-0.39, 0.29) is 5.54 Å². The second-order valence-corrected chi connectivity index (χ2v) is 6.23. The molecule has 88 valence electrons. The van der Waals surface area contributed by atoms with E-state index in [4.69, 9.17) is 9.84 Å². The minimum Gasteiger partial charge on any atom is -0.379 e. The fraction of sp³-hybridized carbons (Fsp3) is 0.769. The highest BCUT2D eigenvalue weighted by atomic mass is 16.5. The quantitative estimate of drug-likeness (QED) is 0.670. The Labute approximate surface area is 96.8 Å². The molecule has 0 atom stereocenters. The number of aryl methyl sites for hydroxylation is 1. The van der Waals surface area contributed by atoms with E-state index in [0.29, 0.717) is 5.41 Å². The van der Waals surface area contributed by atoms with Crippen LogP contribution >= 0.6 is 0 Å². The summed E-state index contributed by atoms with van der Waals surface area (Å²) in [6.07, 6.45) is 5.94. The van der Waals surface area contributed by atoms with Gasteiger partial charge >= 0.3 is 0 Å². The molecule has 3 nitrogen and oxygen atoms in total. The summed E-state index contributed by atoms with van der Waals surface area (Å²) in [5.41, 5.74) is 3.17. The second-order valence-electron chi connectivity index (χ2n) is 6.23. The van der Waals surface area contributed by atoms with Crippen LogP contribution in [0.25, 0.3) is 0 Å². The van der Waals surface area contributed by atoms with Crippen LogP contribution in [0.5, 0.6) is 0 Å². The van der Waals surface area contributed by atoms with E-state index in [2.05, 4.69) is 31.6 Å². The zero-order valence-electron chi connectivity index (χ0n) is 10.4. The van der Waals surface area contributed by atoms with E-state index in [9.17, 15) is 0 Å². The van der Waals surface area contributed by atoms with E-state index in [0.717, 1.165) is 19.6 Å². The van der Waals surface area contributed by atoms with Crippen LogP contribution in [-0.4, -0.2) is 23.0 Å². The van der Waals surface area contributed by atoms with Gasteiger partial charge in [0, 0.05) is 17.2 Å². The molecule has 0 bridgehead atoms. The number of aromatic nitrogens is 2. The van der Waals surface area contributed by atoms with Crippen molar-refractivity contribution in [3.63, 3.8) is 0 Å². The van der Waals surface area contributed by atoms with Gasteiger partial charge in [0.15, 0.2) is 0 Å². The van der Waals surface area contributed by atoms with Crippen molar-refractivity contribution in [1.29, 1.82) is 0 Å². The minimum absolute atomic E-state index is 0.0864. The molecule has 0 radical (unpaired) electrons. The lowest BCUT2D eigenvalue weighted by Crippen LogP contribution is -2.48. The summed E-state index contributed by atoms with van der Waals surface area (Å²) in [6, 6.07) is 0. The molecule has 1 spiro atoms. The lowest BCUT2D eigenvalue weighted by atomic mass is 9.71. The summed E-state index contributed by atoms with van der Waals surface area (Å²) in [7, 11) is 0. The van der Waals surface area contributed by atoms with E-state index in [1.807, 2.05) is 0 Å². The molecule has 0 N–H and O–H groups in total. The average molecular weight is 220 g/mol. The van der Waals surface area contributed by atoms with Gasteiger partial charge in [-0.3, -0.25) is 4.68 Å². The Bertz CT molecular complexity index is 410. The van der Waals surface area contributed by atoms with Gasteiger partial charge in [-0.25, -0.2) is 0 Å². The monoisotopic (exact) mass is 220 g/mol. The number of fused-ring (bicyclic) bond motifs is 2. The molecule has 1 aliphatic carbocycles. The van der Waals surface area contributed by atoms with Gasteiger partial charge in [-0.05, 0) is 40.0 Å². The topological polar surface area (TPSA) is 27.1 Å². The maximum absolute atomic E-state index is 5.43. The molecule has 1 aromatic rings. The molecule has 0 saturated carbocycles. The first-order valence-corrected chi connectivity index (χ1v) is 6.19. The number of nitrogens with zero attached hydrogens (tertiary/aromatic N) is 2. The molecule has 3 heteroatoms. The second kappa shape index (κ2) is 3.10. The lowest BCUT2D eigenvalue weighted by molar-refractivity contribution is -0.0683. The normalized spacial score (nSPS) is 22.9. The van der Waals surface area contributed by atoms with Gasteiger partial charge in [-0.2, -0.15) is 5.10 Å². The Morgan fingerprint density at radius 1 is 1.38 bits per heavy atom. The van der Waals surface area contributed by atoms with Gasteiger partial charge < -0.3 is 4.74 Å². The zero-order chi connectivity index (χ0) is 11.4. The van der Waals surface area contributed by atoms with E-state index < -0.39 is 0 Å². The highest BCUT2D eigenvalue weighted by Gasteiger charge is 2.45. The van der Waals surface area contributed by atoms with E-state index >= 15 is 0 Å². The summed E-state index contributed by atoms with van der Waals surface area (Å²) in [5.74, 6) is 0. The van der Waals surface area contributed by atoms with Gasteiger partial charge in [-0.15, -0.1) is 0 Å². The van der Waals surface area contributed by atoms with Gasteiger partial charge in [0.2, 0.25) is 0 Å². The molecule has 3 rings (SSSR count). The van der Waals surface area contributed by atoms with Crippen molar-refractivity contribution in [2.45, 2.75) is 51.0 Å². The SMILES string of the molecule is CC(C)(C)n1cc2c(n1)CCCC21COC1. The Kier molecular flexibility index (Phi) is 2.00. The molecular formula is C13H20N2O. The number of hydrogen-bond acceptors (Lipinski definition) is 2. The van der Waals surface area contributed by atoms with Crippen molar-refractivity contribution >= 4 is 0 Å². The Morgan fingerprint density at radius 2 is 2.12 bits per heavy atom. The van der Waals surface area contributed by atoms with Crippen molar-refractivity contribution in [2.24, 2.45) is 0 Å². The smallest absolute Gasteiger partial charge is 0.0664 e. The molecule has 1 saturated heterocycles. The van der Waals surface area contributed by atoms with Crippen LogP contribution in [0.4, 0.5) is 0 Å². The molecule has 1 aliphatic heterocycles. The third kappa shape index (κ3) is 1.34. The predicted molar refractivity (Wildman–Crippen MR) is 62.7 cm³/mol. The summed E-state index contributed by atoms with van der Waals surface area (Å²) in [5, 5.41) is 4.76. The standard InChI is InChI=1S/C13H20N2O/c1-12(2,3)15-7-10-11(14-15)5-4-6-13(10)8-16-9-13/h7H,4-6,8-9H2,1-3H3. The molecule has 1 fully saturated rings. The van der Waals surface area contributed by atoms with E-state index in [1.165, 1.54) is 24.1 Å². The molecule has 1 aromatic heterocycles. The first-order chi connectivity index (χ1) is 7.51. The Balaban J connectivity index is 2.05. The highest BCUT2D eigenvalue weighted by molar-refractivity contribution is 5.33. The van der Waals surface area contributed by atoms with Crippen molar-refractivity contribution in [3.05, 3.63) is 17.5 Å². The Hall–Kier alpha value is -0.830. The molecular weight excluding hydrogens is 200 g/mol. The maximum Gasteiger partial charge on any atom is 0.0664 e. The summed E-state index contributed by atoms with van der Waals surface area (Å²) in [4.78, 5) is 0. The van der Waals surface area contributed by atoms with Crippen LogP contribution in [0.3, 0.4) is 0 Å². The van der Waals surface area contributed by atoms with Crippen LogP contribution in [0.1, 0.15) is 44.9 Å². The van der Waals surface area contributed by atoms with Crippen LogP contribution in [0.15, 0.2) is 6.20 Å². The predicted octanol–water partition coefficient (Wildman–Crippen LogP) is 2.24. The summed E-state index contributed by atoms with van der Waals surface area (Å²) in [6.45, 7) is 8.41. The summed E-state index contributed by atoms with van der Waals surface area (Å²) >= 11 is 0. The van der Waals surface area contributed by atoms with Gasteiger partial charge in [-0.1, -0.05) is 0 Å². The molecule has 0 aromatic carbocycles. The molecule has 2 heterocycles. The maximum atomic E-state index is 5.43. The largest absolute Gasteiger partial charge is 0.379 e. The first kappa shape index (κ1) is 10.3. The fourth-order valence-corrected chi connectivity index (χ4v) is 2.76. The lowest BCUT2D eigenvalue weighted by Gasteiger charge is -2.43.